The third-order valence-electron chi connectivity index (χ3n) is 4.60. The van der Waals surface area contributed by atoms with Crippen LogP contribution in [0.5, 0.6) is 11.5 Å². The number of halogens is 3. The van der Waals surface area contributed by atoms with Crippen LogP contribution in [0.2, 0.25) is 0 Å². The topological polar surface area (TPSA) is 59.9 Å². The third-order valence-corrected chi connectivity index (χ3v) is 6.69. The molecule has 0 atom stereocenters. The van der Waals surface area contributed by atoms with E-state index in [0.29, 0.717) is 36.0 Å². The maximum Gasteiger partial charge on any atom is 0.264 e. The van der Waals surface area contributed by atoms with Crippen LogP contribution in [0.15, 0.2) is 79.5 Å². The molecule has 5 nitrogen and oxygen atoms in total. The number of methoxy groups -OCH3 is 1. The molecule has 1 saturated heterocycles. The minimum atomic E-state index is -0.317. The summed E-state index contributed by atoms with van der Waals surface area (Å²) in [4.78, 5) is 17.4. The van der Waals surface area contributed by atoms with Crippen LogP contribution in [0.25, 0.3) is 6.08 Å². The number of carbonyl (C=O) groups is 1. The molecule has 1 aliphatic rings. The van der Waals surface area contributed by atoms with Crippen LogP contribution in [0.4, 0.5) is 10.1 Å². The van der Waals surface area contributed by atoms with E-state index in [1.165, 1.54) is 17.8 Å². The van der Waals surface area contributed by atoms with E-state index in [1.54, 1.807) is 31.4 Å². The Bertz CT molecular complexity index is 1240. The number of benzene rings is 3. The monoisotopic (exact) mass is 590 g/mol. The Labute approximate surface area is 211 Å². The highest BCUT2D eigenvalue weighted by atomic mass is 79.9. The van der Waals surface area contributed by atoms with E-state index in [1.807, 2.05) is 36.4 Å². The Morgan fingerprint density at radius 1 is 1.09 bits per heavy atom. The van der Waals surface area contributed by atoms with Gasteiger partial charge in [0.2, 0.25) is 0 Å². The fourth-order valence-corrected chi connectivity index (χ4v) is 5.26. The molecule has 0 aliphatic carbocycles. The van der Waals surface area contributed by atoms with E-state index < -0.39 is 0 Å². The zero-order chi connectivity index (χ0) is 23.4. The second-order valence-corrected chi connectivity index (χ2v) is 9.61. The molecule has 3 aromatic rings. The standard InChI is InChI=1S/C24H17Br2FN2O3S/c1-31-17-8-6-16(7-9-17)28-24-29-23(30)21(33-24)12-14-10-18(25)22(19(26)11-14)32-13-15-4-2-3-5-20(15)27/h2-12H,13H2,1H3,(H,28,29,30)/b21-12+. The number of hydrogen-bond donors (Lipinski definition) is 1. The SMILES string of the molecule is COc1ccc(N=C2NC(=O)/C(=C\c3cc(Br)c(OCc4ccccc4F)c(Br)c3)S2)cc1. The molecule has 168 valence electrons. The minimum absolute atomic E-state index is 0.0910. The summed E-state index contributed by atoms with van der Waals surface area (Å²) in [6.07, 6.45) is 1.77. The van der Waals surface area contributed by atoms with Gasteiger partial charge < -0.3 is 14.8 Å². The molecule has 1 fully saturated rings. The average Bonchev–Trinajstić information content (AvgIpc) is 3.13. The summed E-state index contributed by atoms with van der Waals surface area (Å²) < 4.78 is 26.2. The summed E-state index contributed by atoms with van der Waals surface area (Å²) in [5, 5.41) is 3.28. The number of aliphatic imine (C=N–C) groups is 1. The lowest BCUT2D eigenvalue weighted by molar-refractivity contribution is -0.115. The first kappa shape index (κ1) is 23.5. The van der Waals surface area contributed by atoms with Crippen LogP contribution in [0.3, 0.4) is 0 Å². The number of thioether (sulfide) groups is 1. The van der Waals surface area contributed by atoms with Gasteiger partial charge in [0.1, 0.15) is 23.9 Å². The van der Waals surface area contributed by atoms with Crippen LogP contribution in [-0.2, 0) is 11.4 Å². The smallest absolute Gasteiger partial charge is 0.264 e. The number of amidine groups is 1. The van der Waals surface area contributed by atoms with Crippen LogP contribution in [0, 0.1) is 5.82 Å². The van der Waals surface area contributed by atoms with Gasteiger partial charge in [-0.15, -0.1) is 0 Å². The van der Waals surface area contributed by atoms with Crippen LogP contribution >= 0.6 is 43.6 Å². The van der Waals surface area contributed by atoms with Crippen LogP contribution in [0.1, 0.15) is 11.1 Å². The minimum Gasteiger partial charge on any atom is -0.497 e. The molecule has 0 saturated carbocycles. The largest absolute Gasteiger partial charge is 0.497 e. The summed E-state index contributed by atoms with van der Waals surface area (Å²) in [6, 6.07) is 17.4. The number of hydrogen-bond acceptors (Lipinski definition) is 5. The average molecular weight is 592 g/mol. The van der Waals surface area contributed by atoms with Crippen molar-refractivity contribution in [2.75, 3.05) is 7.11 Å². The van der Waals surface area contributed by atoms with Gasteiger partial charge in [-0.25, -0.2) is 9.38 Å². The Morgan fingerprint density at radius 2 is 1.79 bits per heavy atom. The molecule has 0 spiro atoms. The number of amides is 1. The van der Waals surface area contributed by atoms with Gasteiger partial charge in [0, 0.05) is 5.56 Å². The van der Waals surface area contributed by atoms with Crippen molar-refractivity contribution in [1.29, 1.82) is 0 Å². The lowest BCUT2D eigenvalue weighted by Crippen LogP contribution is -2.19. The van der Waals surface area contributed by atoms with Gasteiger partial charge in [-0.05, 0) is 97.7 Å². The molecular weight excluding hydrogens is 575 g/mol. The molecule has 0 unspecified atom stereocenters. The molecular formula is C24H17Br2FN2O3S. The molecule has 3 aromatic carbocycles. The summed E-state index contributed by atoms with van der Waals surface area (Å²) >= 11 is 8.27. The molecule has 1 aliphatic heterocycles. The van der Waals surface area contributed by atoms with E-state index in [2.05, 4.69) is 42.2 Å². The highest BCUT2D eigenvalue weighted by molar-refractivity contribution is 9.11. The third kappa shape index (κ3) is 5.85. The van der Waals surface area contributed by atoms with Gasteiger partial charge in [0.05, 0.1) is 26.6 Å². The lowest BCUT2D eigenvalue weighted by Gasteiger charge is -2.12. The number of ether oxygens (including phenoxy) is 2. The first-order valence-corrected chi connectivity index (χ1v) is 12.1. The predicted molar refractivity (Wildman–Crippen MR) is 136 cm³/mol. The number of carbonyl (C=O) groups excluding carboxylic acids is 1. The van der Waals surface area contributed by atoms with Crippen molar-refractivity contribution in [2.24, 2.45) is 4.99 Å². The Kier molecular flexibility index (Phi) is 7.52. The molecule has 9 heteroatoms. The van der Waals surface area contributed by atoms with Gasteiger partial charge in [-0.1, -0.05) is 18.2 Å². The summed E-state index contributed by atoms with van der Waals surface area (Å²) in [5.41, 5.74) is 1.96. The predicted octanol–water partition coefficient (Wildman–Crippen LogP) is 6.83. The molecule has 4 rings (SSSR count). The normalized spacial score (nSPS) is 15.7. The molecule has 0 radical (unpaired) electrons. The summed E-state index contributed by atoms with van der Waals surface area (Å²) in [6.45, 7) is 0.0910. The molecule has 1 heterocycles. The Hall–Kier alpha value is -2.62. The number of nitrogens with one attached hydrogen (secondary N) is 1. The molecule has 1 N–H and O–H groups in total. The van der Waals surface area contributed by atoms with E-state index in [4.69, 9.17) is 9.47 Å². The summed E-state index contributed by atoms with van der Waals surface area (Å²) in [7, 11) is 1.60. The van der Waals surface area contributed by atoms with E-state index in [-0.39, 0.29) is 18.3 Å². The van der Waals surface area contributed by atoms with Crippen molar-refractivity contribution < 1.29 is 18.7 Å². The number of nitrogens with zero attached hydrogens (tertiary/aromatic N) is 1. The quantitative estimate of drug-likeness (QED) is 0.319. The molecule has 0 bridgehead atoms. The fourth-order valence-electron chi connectivity index (χ4n) is 2.97. The zero-order valence-electron chi connectivity index (χ0n) is 17.3. The first-order chi connectivity index (χ1) is 15.9. The van der Waals surface area contributed by atoms with Gasteiger partial charge >= 0.3 is 0 Å². The number of rotatable bonds is 6. The van der Waals surface area contributed by atoms with Gasteiger partial charge in [0.15, 0.2) is 5.17 Å². The fraction of sp³-hybridized carbons (Fsp3) is 0.0833. The second-order valence-electron chi connectivity index (χ2n) is 6.87. The maximum atomic E-state index is 13.9. The van der Waals surface area contributed by atoms with Gasteiger partial charge in [-0.2, -0.15) is 0 Å². The Balaban J connectivity index is 1.49. The van der Waals surface area contributed by atoms with Crippen LogP contribution < -0.4 is 14.8 Å². The van der Waals surface area contributed by atoms with Crippen molar-refractivity contribution in [3.63, 3.8) is 0 Å². The van der Waals surface area contributed by atoms with Crippen molar-refractivity contribution in [1.82, 2.24) is 5.32 Å². The lowest BCUT2D eigenvalue weighted by atomic mass is 10.2. The molecule has 33 heavy (non-hydrogen) atoms. The highest BCUT2D eigenvalue weighted by Crippen LogP contribution is 2.37. The van der Waals surface area contributed by atoms with Crippen molar-refractivity contribution in [3.8, 4) is 11.5 Å². The van der Waals surface area contributed by atoms with E-state index in [0.717, 1.165) is 11.3 Å². The zero-order valence-corrected chi connectivity index (χ0v) is 21.3. The molecule has 0 aromatic heterocycles. The molecule has 1 amide bonds. The maximum absolute atomic E-state index is 13.9. The first-order valence-electron chi connectivity index (χ1n) is 9.72. The van der Waals surface area contributed by atoms with Gasteiger partial charge in [0.25, 0.3) is 5.91 Å². The van der Waals surface area contributed by atoms with E-state index in [9.17, 15) is 9.18 Å². The highest BCUT2D eigenvalue weighted by Gasteiger charge is 2.24. The summed E-state index contributed by atoms with van der Waals surface area (Å²) in [5.74, 6) is 0.743. The van der Waals surface area contributed by atoms with Crippen molar-refractivity contribution >= 4 is 66.5 Å². The second kappa shape index (κ2) is 10.5. The van der Waals surface area contributed by atoms with E-state index >= 15 is 0 Å². The van der Waals surface area contributed by atoms with Crippen molar-refractivity contribution in [3.05, 3.63) is 91.5 Å². The van der Waals surface area contributed by atoms with Gasteiger partial charge in [-0.3, -0.25) is 4.79 Å². The van der Waals surface area contributed by atoms with Crippen LogP contribution in [-0.4, -0.2) is 18.2 Å². The Morgan fingerprint density at radius 3 is 2.45 bits per heavy atom. The van der Waals surface area contributed by atoms with Crippen molar-refractivity contribution in [2.45, 2.75) is 6.61 Å².